The minimum Gasteiger partial charge on any atom is -0.268 e. The second-order valence-electron chi connectivity index (χ2n) is 9.52. The van der Waals surface area contributed by atoms with Gasteiger partial charge in [0.05, 0.1) is 11.0 Å². The van der Waals surface area contributed by atoms with Crippen LogP contribution in [-0.4, -0.2) is 42.8 Å². The second-order valence-corrected chi connectivity index (χ2v) is 13.7. The predicted octanol–water partition coefficient (Wildman–Crippen LogP) is 6.28. The molecule has 8 aromatic rings. The lowest BCUT2D eigenvalue weighted by molar-refractivity contribution is 1.17. The molecule has 6 heterocycles. The van der Waals surface area contributed by atoms with Crippen LogP contribution in [0.5, 0.6) is 0 Å². The monoisotopic (exact) mass is 572 g/mol. The van der Waals surface area contributed by atoms with Crippen molar-refractivity contribution in [1.82, 2.24) is 18.8 Å². The number of rotatable bonds is 6. The highest BCUT2D eigenvalue weighted by Gasteiger charge is 2.23. The van der Waals surface area contributed by atoms with Crippen LogP contribution >= 0.6 is 46.2 Å². The predicted molar refractivity (Wildman–Crippen MR) is 166 cm³/mol. The van der Waals surface area contributed by atoms with Crippen molar-refractivity contribution in [1.29, 1.82) is 0 Å². The Hall–Kier alpha value is -2.92. The summed E-state index contributed by atoms with van der Waals surface area (Å²) in [5.74, 6) is 2.08. The number of aryl methyl sites for hydroxylation is 2. The smallest absolute Gasteiger partial charge is 0.264 e. The van der Waals surface area contributed by atoms with Gasteiger partial charge < -0.3 is 0 Å². The molecule has 2 aromatic carbocycles. The number of hydrogen-bond donors (Lipinski definition) is 0. The van der Waals surface area contributed by atoms with Crippen LogP contribution in [0.15, 0.2) is 46.0 Å². The molecule has 0 atom stereocenters. The van der Waals surface area contributed by atoms with Crippen molar-refractivity contribution in [2.75, 3.05) is 24.0 Å². The molecule has 0 radical (unpaired) electrons. The highest BCUT2D eigenvalue weighted by Crippen LogP contribution is 2.38. The second kappa shape index (κ2) is 8.29. The van der Waals surface area contributed by atoms with E-state index in [1.54, 1.807) is 31.5 Å². The molecule has 6 nitrogen and oxygen atoms in total. The highest BCUT2D eigenvalue weighted by molar-refractivity contribution is 7.98. The number of thiophene rings is 2. The van der Waals surface area contributed by atoms with E-state index in [0.717, 1.165) is 66.6 Å². The molecule has 0 saturated heterocycles. The number of imidazole rings is 2. The number of nitrogens with zero attached hydrogens (tertiary/aromatic N) is 4. The van der Waals surface area contributed by atoms with E-state index in [4.69, 9.17) is 9.97 Å². The van der Waals surface area contributed by atoms with E-state index in [0.29, 0.717) is 22.1 Å². The minimum absolute atomic E-state index is 0.0892. The van der Waals surface area contributed by atoms with Crippen molar-refractivity contribution < 1.29 is 0 Å². The molecule has 0 bridgehead atoms. The molecule has 0 aliphatic heterocycles. The van der Waals surface area contributed by atoms with E-state index in [1.807, 2.05) is 47.8 Å². The maximum absolute atomic E-state index is 13.9. The van der Waals surface area contributed by atoms with Gasteiger partial charge in [0.2, 0.25) is 0 Å². The summed E-state index contributed by atoms with van der Waals surface area (Å²) in [7, 11) is 0. The third-order valence-electron chi connectivity index (χ3n) is 7.42. The Kier molecular flexibility index (Phi) is 5.02. The normalized spacial score (nSPS) is 12.8. The fourth-order valence-corrected chi connectivity index (χ4v) is 8.86. The summed E-state index contributed by atoms with van der Waals surface area (Å²) in [6, 6.07) is 11.9. The molecule has 0 spiro atoms. The molecule has 0 saturated carbocycles. The summed E-state index contributed by atoms with van der Waals surface area (Å²) in [5.41, 5.74) is 2.88. The minimum atomic E-state index is -0.0892. The average Bonchev–Trinajstić information content (AvgIpc) is 3.66. The van der Waals surface area contributed by atoms with Gasteiger partial charge in [0.15, 0.2) is 0 Å². The van der Waals surface area contributed by atoms with Crippen molar-refractivity contribution >= 4 is 111 Å². The largest absolute Gasteiger partial charge is 0.268 e. The number of aromatic nitrogens is 4. The standard InChI is InChI=1S/C28H20N4O2S4/c1-35-9-7-13-11-19-25(37-13)29-23-15-3-4-16-22-18(6-5-17(21(15)22)27(33)31(19)23)28(34)32-20-12-14(8-10-36-2)38-26(20)30-24(16)32/h3-6,11-12H,7-10H2,1-2H3. The van der Waals surface area contributed by atoms with Crippen LogP contribution in [0.4, 0.5) is 0 Å². The highest BCUT2D eigenvalue weighted by atomic mass is 32.2. The van der Waals surface area contributed by atoms with Crippen LogP contribution in [0.25, 0.3) is 64.3 Å². The maximum Gasteiger partial charge on any atom is 0.264 e. The third kappa shape index (κ3) is 2.97. The molecule has 0 amide bonds. The van der Waals surface area contributed by atoms with Crippen LogP contribution in [0.1, 0.15) is 9.75 Å². The summed E-state index contributed by atoms with van der Waals surface area (Å²) >= 11 is 6.95. The van der Waals surface area contributed by atoms with Crippen LogP contribution in [0.3, 0.4) is 0 Å². The van der Waals surface area contributed by atoms with E-state index in [9.17, 15) is 9.59 Å². The van der Waals surface area contributed by atoms with Gasteiger partial charge in [-0.25, -0.2) is 9.97 Å². The van der Waals surface area contributed by atoms with Crippen molar-refractivity contribution in [3.8, 4) is 0 Å². The van der Waals surface area contributed by atoms with E-state index in [-0.39, 0.29) is 11.1 Å². The average molecular weight is 573 g/mol. The van der Waals surface area contributed by atoms with Gasteiger partial charge in [0, 0.05) is 42.1 Å². The fourth-order valence-electron chi connectivity index (χ4n) is 5.73. The first-order valence-electron chi connectivity index (χ1n) is 12.3. The Morgan fingerprint density at radius 1 is 0.684 bits per heavy atom. The van der Waals surface area contributed by atoms with Gasteiger partial charge in [0.25, 0.3) is 11.1 Å². The fraction of sp³-hybridized carbons (Fsp3) is 0.214. The number of fused-ring (bicyclic) bond motifs is 8. The van der Waals surface area contributed by atoms with Crippen LogP contribution in [0, 0.1) is 0 Å². The van der Waals surface area contributed by atoms with Gasteiger partial charge in [-0.2, -0.15) is 23.5 Å². The Morgan fingerprint density at radius 2 is 1.11 bits per heavy atom. The SMILES string of the molecule is CSCCc1cc2c(nc3c4ccc5c6c(ccc(c(=O)n23)c46)c(=O)n2c3cc(CCSC)sc3nc52)s1. The Morgan fingerprint density at radius 3 is 1.53 bits per heavy atom. The summed E-state index contributed by atoms with van der Waals surface area (Å²) < 4.78 is 3.51. The molecule has 0 aliphatic carbocycles. The zero-order valence-electron chi connectivity index (χ0n) is 20.5. The third-order valence-corrected chi connectivity index (χ3v) is 10.8. The van der Waals surface area contributed by atoms with Crippen molar-refractivity contribution in [3.63, 3.8) is 0 Å². The van der Waals surface area contributed by atoms with Crippen molar-refractivity contribution in [3.05, 3.63) is 66.9 Å². The van der Waals surface area contributed by atoms with Crippen LogP contribution in [-0.2, 0) is 12.8 Å². The topological polar surface area (TPSA) is 68.7 Å². The Bertz CT molecular complexity index is 2160. The van der Waals surface area contributed by atoms with E-state index >= 15 is 0 Å². The molecule has 0 fully saturated rings. The quantitative estimate of drug-likeness (QED) is 0.219. The van der Waals surface area contributed by atoms with Gasteiger partial charge in [-0.3, -0.25) is 18.4 Å². The summed E-state index contributed by atoms with van der Waals surface area (Å²) in [6.07, 6.45) is 6.14. The lowest BCUT2D eigenvalue weighted by atomic mass is 9.96. The molecule has 0 unspecified atom stereocenters. The van der Waals surface area contributed by atoms with Crippen molar-refractivity contribution in [2.24, 2.45) is 0 Å². The van der Waals surface area contributed by atoms with Gasteiger partial charge in [0.1, 0.15) is 21.0 Å². The summed E-state index contributed by atoms with van der Waals surface area (Å²) in [5, 5.41) is 4.62. The molecule has 10 heteroatoms. The first-order chi connectivity index (χ1) is 18.6. The molecule has 0 aliphatic rings. The number of thioether (sulfide) groups is 2. The lowest BCUT2D eigenvalue weighted by Crippen LogP contribution is -2.16. The molecule has 6 aromatic heterocycles. The molecular weight excluding hydrogens is 553 g/mol. The number of hydrogen-bond acceptors (Lipinski definition) is 8. The van der Waals surface area contributed by atoms with Gasteiger partial charge in [-0.05, 0) is 73.3 Å². The molecule has 188 valence electrons. The van der Waals surface area contributed by atoms with Gasteiger partial charge in [-0.1, -0.05) is 0 Å². The first-order valence-corrected chi connectivity index (χ1v) is 16.7. The van der Waals surface area contributed by atoms with Crippen molar-refractivity contribution in [2.45, 2.75) is 12.8 Å². The van der Waals surface area contributed by atoms with E-state index in [1.165, 1.54) is 9.75 Å². The van der Waals surface area contributed by atoms with E-state index < -0.39 is 0 Å². The van der Waals surface area contributed by atoms with E-state index in [2.05, 4.69) is 24.6 Å². The Balaban J connectivity index is 1.47. The van der Waals surface area contributed by atoms with Gasteiger partial charge in [-0.15, -0.1) is 22.7 Å². The lowest BCUT2D eigenvalue weighted by Gasteiger charge is -2.12. The molecule has 8 rings (SSSR count). The van der Waals surface area contributed by atoms with Crippen LogP contribution < -0.4 is 11.1 Å². The zero-order chi connectivity index (χ0) is 25.7. The maximum atomic E-state index is 13.9. The van der Waals surface area contributed by atoms with Crippen LogP contribution in [0.2, 0.25) is 0 Å². The zero-order valence-corrected chi connectivity index (χ0v) is 23.8. The van der Waals surface area contributed by atoms with Gasteiger partial charge >= 0.3 is 0 Å². The Labute approximate surface area is 232 Å². The number of pyridine rings is 2. The first kappa shape index (κ1) is 23.0. The summed E-state index contributed by atoms with van der Waals surface area (Å²) in [4.78, 5) is 41.9. The number of benzene rings is 2. The molecule has 0 N–H and O–H groups in total. The molecular formula is C28H20N4O2S4. The summed E-state index contributed by atoms with van der Waals surface area (Å²) in [6.45, 7) is 0. The molecule has 38 heavy (non-hydrogen) atoms.